The molecule has 0 radical (unpaired) electrons. The number of halogens is 1. The SMILES string of the molecule is CNC[C@H]1CCCN1S(=O)(=O)c1ccc(C#N)cc1Cl. The minimum Gasteiger partial charge on any atom is -0.318 e. The van der Waals surface area contributed by atoms with E-state index in [9.17, 15) is 8.42 Å². The quantitative estimate of drug-likeness (QED) is 0.916. The Morgan fingerprint density at radius 1 is 1.55 bits per heavy atom. The Balaban J connectivity index is 2.38. The van der Waals surface area contributed by atoms with E-state index in [-0.39, 0.29) is 16.0 Å². The molecule has 108 valence electrons. The third-order valence-electron chi connectivity index (χ3n) is 3.41. The van der Waals surface area contributed by atoms with Crippen LogP contribution in [0.3, 0.4) is 0 Å². The average molecular weight is 314 g/mol. The van der Waals surface area contributed by atoms with Crippen molar-refractivity contribution in [2.75, 3.05) is 20.1 Å². The molecule has 5 nitrogen and oxygen atoms in total. The van der Waals surface area contributed by atoms with Crippen LogP contribution in [0.1, 0.15) is 18.4 Å². The number of hydrogen-bond donors (Lipinski definition) is 1. The summed E-state index contributed by atoms with van der Waals surface area (Å²) < 4.78 is 26.8. The van der Waals surface area contributed by atoms with Crippen LogP contribution in [-0.4, -0.2) is 38.9 Å². The maximum Gasteiger partial charge on any atom is 0.244 e. The number of nitrogens with zero attached hydrogens (tertiary/aromatic N) is 2. The number of hydrogen-bond acceptors (Lipinski definition) is 4. The lowest BCUT2D eigenvalue weighted by molar-refractivity contribution is 0.379. The van der Waals surface area contributed by atoms with E-state index in [1.54, 1.807) is 7.05 Å². The molecule has 1 aromatic rings. The predicted octanol–water partition coefficient (Wildman–Crippen LogP) is 1.58. The van der Waals surface area contributed by atoms with Crippen molar-refractivity contribution >= 4 is 21.6 Å². The maximum absolute atomic E-state index is 12.7. The van der Waals surface area contributed by atoms with Crippen LogP contribution in [0.5, 0.6) is 0 Å². The Bertz CT molecular complexity index is 640. The molecule has 0 bridgehead atoms. The van der Waals surface area contributed by atoms with Crippen molar-refractivity contribution in [3.05, 3.63) is 28.8 Å². The lowest BCUT2D eigenvalue weighted by atomic mass is 10.2. The van der Waals surface area contributed by atoms with Crippen LogP contribution in [-0.2, 0) is 10.0 Å². The molecule has 1 saturated heterocycles. The molecule has 0 amide bonds. The van der Waals surface area contributed by atoms with E-state index in [0.29, 0.717) is 18.7 Å². The van der Waals surface area contributed by atoms with Crippen molar-refractivity contribution in [2.45, 2.75) is 23.8 Å². The van der Waals surface area contributed by atoms with Gasteiger partial charge in [0.2, 0.25) is 10.0 Å². The Kier molecular flexibility index (Phi) is 4.66. The second-order valence-electron chi connectivity index (χ2n) is 4.73. The molecule has 0 unspecified atom stereocenters. The van der Waals surface area contributed by atoms with Gasteiger partial charge in [0.15, 0.2) is 0 Å². The summed E-state index contributed by atoms with van der Waals surface area (Å²) in [7, 11) is -1.81. The molecule has 7 heteroatoms. The van der Waals surface area contributed by atoms with Crippen LogP contribution in [0.25, 0.3) is 0 Å². The molecule has 1 aliphatic heterocycles. The summed E-state index contributed by atoms with van der Waals surface area (Å²) in [5.74, 6) is 0. The van der Waals surface area contributed by atoms with Gasteiger partial charge in [-0.05, 0) is 38.1 Å². The van der Waals surface area contributed by atoms with Crippen molar-refractivity contribution in [1.29, 1.82) is 5.26 Å². The zero-order valence-corrected chi connectivity index (χ0v) is 12.7. The molecule has 0 saturated carbocycles. The topological polar surface area (TPSA) is 73.2 Å². The lowest BCUT2D eigenvalue weighted by Crippen LogP contribution is -2.40. The summed E-state index contributed by atoms with van der Waals surface area (Å²) in [5, 5.41) is 11.9. The van der Waals surface area contributed by atoms with E-state index >= 15 is 0 Å². The van der Waals surface area contributed by atoms with Gasteiger partial charge in [0, 0.05) is 19.1 Å². The molecular formula is C13H16ClN3O2S. The Morgan fingerprint density at radius 3 is 2.90 bits per heavy atom. The van der Waals surface area contributed by atoms with E-state index in [1.165, 1.54) is 22.5 Å². The Labute approximate surface area is 124 Å². The van der Waals surface area contributed by atoms with Gasteiger partial charge in [-0.3, -0.25) is 0 Å². The first-order valence-corrected chi connectivity index (χ1v) is 8.18. The number of nitrogens with one attached hydrogen (secondary N) is 1. The molecule has 1 N–H and O–H groups in total. The van der Waals surface area contributed by atoms with Gasteiger partial charge in [-0.1, -0.05) is 11.6 Å². The van der Waals surface area contributed by atoms with Crippen LogP contribution in [0.4, 0.5) is 0 Å². The molecule has 1 fully saturated rings. The summed E-state index contributed by atoms with van der Waals surface area (Å²) in [5.41, 5.74) is 0.349. The molecule has 0 aliphatic carbocycles. The highest BCUT2D eigenvalue weighted by molar-refractivity contribution is 7.89. The van der Waals surface area contributed by atoms with Gasteiger partial charge in [0.1, 0.15) is 4.90 Å². The normalized spacial score (nSPS) is 19.9. The molecule has 1 atom stereocenters. The van der Waals surface area contributed by atoms with Gasteiger partial charge >= 0.3 is 0 Å². The van der Waals surface area contributed by atoms with Crippen molar-refractivity contribution in [2.24, 2.45) is 0 Å². The van der Waals surface area contributed by atoms with E-state index in [4.69, 9.17) is 16.9 Å². The van der Waals surface area contributed by atoms with Gasteiger partial charge in [-0.15, -0.1) is 0 Å². The zero-order chi connectivity index (χ0) is 14.8. The molecule has 2 rings (SSSR count). The summed E-state index contributed by atoms with van der Waals surface area (Å²) in [4.78, 5) is 0.0705. The monoisotopic (exact) mass is 313 g/mol. The van der Waals surface area contributed by atoms with Gasteiger partial charge in [0.05, 0.1) is 16.7 Å². The van der Waals surface area contributed by atoms with Crippen LogP contribution in [0.15, 0.2) is 23.1 Å². The first-order chi connectivity index (χ1) is 9.50. The van der Waals surface area contributed by atoms with Gasteiger partial charge in [-0.25, -0.2) is 8.42 Å². The molecule has 0 aromatic heterocycles. The van der Waals surface area contributed by atoms with Gasteiger partial charge in [-0.2, -0.15) is 9.57 Å². The second-order valence-corrected chi connectivity index (χ2v) is 6.99. The largest absolute Gasteiger partial charge is 0.318 e. The van der Waals surface area contributed by atoms with E-state index in [0.717, 1.165) is 12.8 Å². The fourth-order valence-corrected chi connectivity index (χ4v) is 4.68. The highest BCUT2D eigenvalue weighted by Gasteiger charge is 2.35. The standard InChI is InChI=1S/C13H16ClN3O2S/c1-16-9-11-3-2-6-17(11)20(18,19)13-5-4-10(8-15)7-12(13)14/h4-5,7,11,16H,2-3,6,9H2,1H3/t11-/m1/s1. The summed E-state index contributed by atoms with van der Waals surface area (Å²) >= 11 is 6.02. The number of rotatable bonds is 4. The minimum atomic E-state index is -3.61. The molecule has 0 spiro atoms. The number of nitriles is 1. The fraction of sp³-hybridized carbons (Fsp3) is 0.462. The van der Waals surface area contributed by atoms with Crippen molar-refractivity contribution < 1.29 is 8.42 Å². The molecule has 1 heterocycles. The number of sulfonamides is 1. The van der Waals surface area contributed by atoms with Gasteiger partial charge < -0.3 is 5.32 Å². The minimum absolute atomic E-state index is 0.0447. The first kappa shape index (κ1) is 15.3. The van der Waals surface area contributed by atoms with Crippen LogP contribution >= 0.6 is 11.6 Å². The molecule has 20 heavy (non-hydrogen) atoms. The molecule has 1 aromatic carbocycles. The average Bonchev–Trinajstić information content (AvgIpc) is 2.87. The Hall–Kier alpha value is -1.13. The molecular weight excluding hydrogens is 298 g/mol. The van der Waals surface area contributed by atoms with Crippen molar-refractivity contribution in [3.63, 3.8) is 0 Å². The summed E-state index contributed by atoms with van der Waals surface area (Å²) in [6.45, 7) is 1.12. The van der Waals surface area contributed by atoms with E-state index in [2.05, 4.69) is 5.32 Å². The highest BCUT2D eigenvalue weighted by atomic mass is 35.5. The van der Waals surface area contributed by atoms with Crippen LogP contribution < -0.4 is 5.32 Å². The smallest absolute Gasteiger partial charge is 0.244 e. The first-order valence-electron chi connectivity index (χ1n) is 6.37. The van der Waals surface area contributed by atoms with Gasteiger partial charge in [0.25, 0.3) is 0 Å². The Morgan fingerprint density at radius 2 is 2.30 bits per heavy atom. The van der Waals surface area contributed by atoms with Crippen LogP contribution in [0.2, 0.25) is 5.02 Å². The lowest BCUT2D eigenvalue weighted by Gasteiger charge is -2.24. The fourth-order valence-electron chi connectivity index (χ4n) is 2.47. The highest BCUT2D eigenvalue weighted by Crippen LogP contribution is 2.30. The van der Waals surface area contributed by atoms with Crippen molar-refractivity contribution in [3.8, 4) is 6.07 Å². The number of likely N-dealkylation sites (N-methyl/N-ethyl adjacent to an activating group) is 1. The van der Waals surface area contributed by atoms with Crippen molar-refractivity contribution in [1.82, 2.24) is 9.62 Å². The summed E-state index contributed by atoms with van der Waals surface area (Å²) in [6.07, 6.45) is 1.69. The second kappa shape index (κ2) is 6.10. The maximum atomic E-state index is 12.7. The zero-order valence-electron chi connectivity index (χ0n) is 11.1. The summed E-state index contributed by atoms with van der Waals surface area (Å²) in [6, 6.07) is 6.17. The molecule has 1 aliphatic rings. The van der Waals surface area contributed by atoms with E-state index in [1.807, 2.05) is 6.07 Å². The van der Waals surface area contributed by atoms with Crippen LogP contribution in [0, 0.1) is 11.3 Å². The van der Waals surface area contributed by atoms with E-state index < -0.39 is 10.0 Å². The number of benzene rings is 1. The third-order valence-corrected chi connectivity index (χ3v) is 5.85. The predicted molar refractivity (Wildman–Crippen MR) is 77.0 cm³/mol. The third kappa shape index (κ3) is 2.81.